The van der Waals surface area contributed by atoms with Crippen LogP contribution in [0.2, 0.25) is 10.0 Å². The van der Waals surface area contributed by atoms with Gasteiger partial charge in [0.25, 0.3) is 0 Å². The predicted octanol–water partition coefficient (Wildman–Crippen LogP) is 3.99. The number of halogens is 2. The normalized spacial score (nSPS) is 16.8. The standard InChI is InChI=1S/C18H16Cl2N2O3/c1-25-15-8-3-2-6-13(15)21-18(24)11-9-16(23)22(10-11)14-7-4-5-12(19)17(14)20/h2-8,11H,9-10H2,1H3,(H,21,24). The third-order valence-electron chi connectivity index (χ3n) is 4.08. The van der Waals surface area contributed by atoms with E-state index in [0.717, 1.165) is 0 Å². The second-order valence-electron chi connectivity index (χ2n) is 5.67. The van der Waals surface area contributed by atoms with Gasteiger partial charge < -0.3 is 15.0 Å². The number of rotatable bonds is 4. The van der Waals surface area contributed by atoms with Crippen LogP contribution >= 0.6 is 23.2 Å². The zero-order valence-corrected chi connectivity index (χ0v) is 15.0. The molecule has 1 saturated heterocycles. The van der Waals surface area contributed by atoms with Crippen molar-refractivity contribution in [2.24, 2.45) is 5.92 Å². The van der Waals surface area contributed by atoms with Crippen molar-refractivity contribution in [1.29, 1.82) is 0 Å². The lowest BCUT2D eigenvalue weighted by molar-refractivity contribution is -0.122. The highest BCUT2D eigenvalue weighted by molar-refractivity contribution is 6.44. The van der Waals surface area contributed by atoms with E-state index in [0.29, 0.717) is 27.2 Å². The number of carbonyl (C=O) groups excluding carboxylic acids is 2. The van der Waals surface area contributed by atoms with Crippen molar-refractivity contribution in [2.75, 3.05) is 23.9 Å². The smallest absolute Gasteiger partial charge is 0.229 e. The van der Waals surface area contributed by atoms with Gasteiger partial charge in [-0.25, -0.2) is 0 Å². The molecule has 5 nitrogen and oxygen atoms in total. The third-order valence-corrected chi connectivity index (χ3v) is 4.89. The van der Waals surface area contributed by atoms with E-state index in [1.807, 2.05) is 6.07 Å². The Kier molecular flexibility index (Phi) is 5.16. The Balaban J connectivity index is 1.76. The van der Waals surface area contributed by atoms with Gasteiger partial charge >= 0.3 is 0 Å². The summed E-state index contributed by atoms with van der Waals surface area (Å²) in [4.78, 5) is 26.4. The number of amides is 2. The van der Waals surface area contributed by atoms with Crippen molar-refractivity contribution in [3.63, 3.8) is 0 Å². The number of hydrogen-bond donors (Lipinski definition) is 1. The number of benzene rings is 2. The molecule has 1 aliphatic rings. The molecule has 1 heterocycles. The Morgan fingerprint density at radius 1 is 1.20 bits per heavy atom. The summed E-state index contributed by atoms with van der Waals surface area (Å²) >= 11 is 12.2. The minimum absolute atomic E-state index is 0.115. The Morgan fingerprint density at radius 2 is 1.96 bits per heavy atom. The van der Waals surface area contributed by atoms with Crippen molar-refractivity contribution in [3.05, 3.63) is 52.5 Å². The van der Waals surface area contributed by atoms with Crippen LogP contribution in [0.25, 0.3) is 0 Å². The highest BCUT2D eigenvalue weighted by Crippen LogP contribution is 2.36. The molecule has 1 fully saturated rings. The van der Waals surface area contributed by atoms with Crippen LogP contribution in [0.4, 0.5) is 11.4 Å². The molecule has 0 aliphatic carbocycles. The summed E-state index contributed by atoms with van der Waals surface area (Å²) in [5, 5.41) is 3.50. The van der Waals surface area contributed by atoms with Crippen LogP contribution in [0.15, 0.2) is 42.5 Å². The van der Waals surface area contributed by atoms with Crippen LogP contribution < -0.4 is 15.0 Å². The fourth-order valence-corrected chi connectivity index (χ4v) is 3.20. The monoisotopic (exact) mass is 378 g/mol. The molecule has 2 amide bonds. The number of ether oxygens (including phenoxy) is 1. The van der Waals surface area contributed by atoms with Crippen molar-refractivity contribution < 1.29 is 14.3 Å². The van der Waals surface area contributed by atoms with Gasteiger partial charge in [-0.15, -0.1) is 0 Å². The first-order valence-electron chi connectivity index (χ1n) is 7.69. The molecule has 7 heteroatoms. The van der Waals surface area contributed by atoms with Crippen LogP contribution in [-0.2, 0) is 9.59 Å². The molecule has 1 N–H and O–H groups in total. The summed E-state index contributed by atoms with van der Waals surface area (Å²) in [6.45, 7) is 0.250. The van der Waals surface area contributed by atoms with Gasteiger partial charge in [-0.05, 0) is 24.3 Å². The number of carbonyl (C=O) groups is 2. The van der Waals surface area contributed by atoms with Gasteiger partial charge in [0.05, 0.1) is 34.4 Å². The molecule has 0 spiro atoms. The highest BCUT2D eigenvalue weighted by Gasteiger charge is 2.36. The van der Waals surface area contributed by atoms with Crippen LogP contribution in [0.5, 0.6) is 5.75 Å². The first-order valence-corrected chi connectivity index (χ1v) is 8.45. The number of anilines is 2. The largest absolute Gasteiger partial charge is 0.495 e. The van der Waals surface area contributed by atoms with Gasteiger partial charge in [0, 0.05) is 13.0 Å². The van der Waals surface area contributed by atoms with Crippen LogP contribution in [0.3, 0.4) is 0 Å². The summed E-state index contributed by atoms with van der Waals surface area (Å²) in [5.74, 6) is -0.315. The van der Waals surface area contributed by atoms with E-state index in [4.69, 9.17) is 27.9 Å². The first-order chi connectivity index (χ1) is 12.0. The molecule has 130 valence electrons. The second-order valence-corrected chi connectivity index (χ2v) is 6.45. The summed E-state index contributed by atoms with van der Waals surface area (Å²) < 4.78 is 5.23. The second kappa shape index (κ2) is 7.33. The predicted molar refractivity (Wildman–Crippen MR) is 98.5 cm³/mol. The summed E-state index contributed by atoms with van der Waals surface area (Å²) in [5.41, 5.74) is 1.09. The molecular formula is C18H16Cl2N2O3. The summed E-state index contributed by atoms with van der Waals surface area (Å²) in [7, 11) is 1.53. The van der Waals surface area contributed by atoms with Gasteiger partial charge in [0.15, 0.2) is 0 Å². The topological polar surface area (TPSA) is 58.6 Å². The zero-order chi connectivity index (χ0) is 18.0. The maximum atomic E-state index is 12.6. The van der Waals surface area contributed by atoms with E-state index in [1.54, 1.807) is 36.4 Å². The maximum Gasteiger partial charge on any atom is 0.229 e. The fraction of sp³-hybridized carbons (Fsp3) is 0.222. The van der Waals surface area contributed by atoms with E-state index < -0.39 is 5.92 Å². The SMILES string of the molecule is COc1ccccc1NC(=O)C1CC(=O)N(c2cccc(Cl)c2Cl)C1. The van der Waals surface area contributed by atoms with Crippen molar-refractivity contribution >= 4 is 46.4 Å². The fourth-order valence-electron chi connectivity index (χ4n) is 2.80. The summed E-state index contributed by atoms with van der Waals surface area (Å²) in [6.07, 6.45) is 0.115. The van der Waals surface area contributed by atoms with Gasteiger partial charge in [-0.2, -0.15) is 0 Å². The lowest BCUT2D eigenvalue weighted by atomic mass is 10.1. The van der Waals surface area contributed by atoms with Crippen molar-refractivity contribution in [2.45, 2.75) is 6.42 Å². The zero-order valence-electron chi connectivity index (χ0n) is 13.5. The third kappa shape index (κ3) is 3.57. The van der Waals surface area contributed by atoms with Crippen LogP contribution in [0, 0.1) is 5.92 Å². The molecule has 0 saturated carbocycles. The molecule has 3 rings (SSSR count). The Morgan fingerprint density at radius 3 is 2.72 bits per heavy atom. The number of nitrogens with one attached hydrogen (secondary N) is 1. The van der Waals surface area contributed by atoms with E-state index >= 15 is 0 Å². The van der Waals surface area contributed by atoms with E-state index in [-0.39, 0.29) is 24.8 Å². The molecular weight excluding hydrogens is 363 g/mol. The van der Waals surface area contributed by atoms with Gasteiger partial charge in [-0.1, -0.05) is 41.4 Å². The molecule has 0 bridgehead atoms. The molecule has 1 aliphatic heterocycles. The van der Waals surface area contributed by atoms with Crippen LogP contribution in [0.1, 0.15) is 6.42 Å². The number of methoxy groups -OCH3 is 1. The van der Waals surface area contributed by atoms with Gasteiger partial charge in [0.1, 0.15) is 5.75 Å². The number of hydrogen-bond acceptors (Lipinski definition) is 3. The minimum atomic E-state index is -0.479. The quantitative estimate of drug-likeness (QED) is 0.874. The average Bonchev–Trinajstić information content (AvgIpc) is 2.99. The molecule has 2 aromatic carbocycles. The Hall–Kier alpha value is -2.24. The highest BCUT2D eigenvalue weighted by atomic mass is 35.5. The van der Waals surface area contributed by atoms with E-state index in [2.05, 4.69) is 5.32 Å². The maximum absolute atomic E-state index is 12.6. The average molecular weight is 379 g/mol. The molecule has 1 unspecified atom stereocenters. The molecule has 2 aromatic rings. The van der Waals surface area contributed by atoms with Crippen LogP contribution in [-0.4, -0.2) is 25.5 Å². The van der Waals surface area contributed by atoms with Gasteiger partial charge in [-0.3, -0.25) is 9.59 Å². The van der Waals surface area contributed by atoms with E-state index in [9.17, 15) is 9.59 Å². The lowest BCUT2D eigenvalue weighted by Crippen LogP contribution is -2.28. The van der Waals surface area contributed by atoms with E-state index in [1.165, 1.54) is 12.0 Å². The van der Waals surface area contributed by atoms with Gasteiger partial charge in [0.2, 0.25) is 11.8 Å². The molecule has 0 aromatic heterocycles. The Labute approximate surface area is 155 Å². The molecule has 0 radical (unpaired) electrons. The van der Waals surface area contributed by atoms with Crippen molar-refractivity contribution in [1.82, 2.24) is 0 Å². The molecule has 1 atom stereocenters. The first kappa shape index (κ1) is 17.6. The molecule has 25 heavy (non-hydrogen) atoms. The summed E-state index contributed by atoms with van der Waals surface area (Å²) in [6, 6.07) is 12.2. The lowest BCUT2D eigenvalue weighted by Gasteiger charge is -2.19. The van der Waals surface area contributed by atoms with Crippen molar-refractivity contribution in [3.8, 4) is 5.75 Å². The Bertz CT molecular complexity index is 826. The minimum Gasteiger partial charge on any atom is -0.495 e. The number of para-hydroxylation sites is 2. The number of nitrogens with zero attached hydrogens (tertiary/aromatic N) is 1.